The molecule has 0 saturated carbocycles. The van der Waals surface area contributed by atoms with E-state index in [0.717, 1.165) is 12.1 Å². The number of nitrogens with one attached hydrogen (secondary N) is 1. The van der Waals surface area contributed by atoms with Crippen LogP contribution in [0, 0.1) is 0 Å². The Morgan fingerprint density at radius 1 is 0.441 bits per heavy atom. The van der Waals surface area contributed by atoms with E-state index < -0.39 is 116 Å². The molecule has 6 aromatic rings. The molecule has 0 aromatic heterocycles. The molecule has 0 aliphatic rings. The molecule has 0 aliphatic heterocycles. The molecule has 6 rings (SSSR count). The maximum absolute atomic E-state index is 12.4. The van der Waals surface area contributed by atoms with Crippen molar-refractivity contribution in [3.63, 3.8) is 0 Å². The molecule has 0 saturated heterocycles. The summed E-state index contributed by atoms with van der Waals surface area (Å²) in [6.45, 7) is 0. The topological polar surface area (TPSA) is 360 Å². The third-order valence-corrected chi connectivity index (χ3v) is 12.1. The number of aromatic hydroxyl groups is 4. The fourth-order valence-electron chi connectivity index (χ4n) is 5.39. The average Bonchev–Trinajstić information content (AvgIpc) is 3.11. The maximum atomic E-state index is 12.4. The van der Waals surface area contributed by atoms with Crippen LogP contribution in [-0.2, 0) is 40.5 Å². The molecule has 0 heterocycles. The van der Waals surface area contributed by atoms with Gasteiger partial charge in [0.1, 0.15) is 32.5 Å². The number of phenols is 4. The van der Waals surface area contributed by atoms with Gasteiger partial charge in [0.2, 0.25) is 0 Å². The van der Waals surface area contributed by atoms with Gasteiger partial charge in [-0.3, -0.25) is 18.2 Å². The fraction of sp³-hybridized carbons (Fsp3) is 0. The molecule has 9 N–H and O–H groups in total. The van der Waals surface area contributed by atoms with E-state index in [1.54, 1.807) is 0 Å². The van der Waals surface area contributed by atoms with Gasteiger partial charge in [0, 0.05) is 22.1 Å². The van der Waals surface area contributed by atoms with Gasteiger partial charge in [0.15, 0.2) is 23.0 Å². The Morgan fingerprint density at radius 3 is 1.12 bits per heavy atom. The normalized spacial score (nSPS) is 12.9. The van der Waals surface area contributed by atoms with Crippen LogP contribution in [0.25, 0.3) is 21.5 Å². The van der Waals surface area contributed by atoms with Gasteiger partial charge in [-0.05, 0) is 83.6 Å². The molecule has 0 amide bonds. The van der Waals surface area contributed by atoms with E-state index >= 15 is 0 Å². The number of nitrogens with zero attached hydrogens (tertiary/aromatic N) is 4. The minimum Gasteiger partial charge on any atom is -0.505 e. The first kappa shape index (κ1) is 42.9. The molecule has 0 aliphatic carbocycles. The summed E-state index contributed by atoms with van der Waals surface area (Å²) in [4.78, 5) is -3.59. The van der Waals surface area contributed by atoms with E-state index in [1.165, 1.54) is 36.4 Å². The van der Waals surface area contributed by atoms with Crippen LogP contribution in [0.4, 0.5) is 34.1 Å². The molecule has 0 atom stereocenters. The van der Waals surface area contributed by atoms with Crippen LogP contribution in [-0.4, -0.2) is 72.3 Å². The van der Waals surface area contributed by atoms with Gasteiger partial charge in [-0.25, -0.2) is 0 Å². The summed E-state index contributed by atoms with van der Waals surface area (Å²) in [5, 5.41) is 58.5. The largest absolute Gasteiger partial charge is 0.505 e. The standard InChI is InChI=1S/C32H21Cl2N5O16S4/c33-21-9-17(56(44,45)46)11-23(31(21)42)36-38-27-25(58(50,51)52)7-13-5-15(1-3-19(13)29(27)40)35-16-2-4-20-14(6-16)8-26(59(53,54)55)28(30(20)41)39-37-24-12-18(57(47,48)49)10-22(34)32(24)43/h1-12,35,40-43H,(H,44,45,46)(H,47,48,49)(H,50,51,52)(H,53,54,55). The van der Waals surface area contributed by atoms with Gasteiger partial charge < -0.3 is 25.7 Å². The van der Waals surface area contributed by atoms with E-state index in [2.05, 4.69) is 25.8 Å². The zero-order valence-electron chi connectivity index (χ0n) is 28.4. The van der Waals surface area contributed by atoms with E-state index in [-0.39, 0.29) is 32.9 Å². The SMILES string of the molecule is O=S(=O)(O)c1cc(Cl)c(O)c(N=Nc2c(S(=O)(=O)O)cc3cc(Nc4ccc5c(O)c(N=Nc6cc(S(=O)(=O)O)cc(Cl)c6O)c(S(=O)(=O)O)cc5c4)ccc3c2O)c1. The lowest BCUT2D eigenvalue weighted by Gasteiger charge is -2.13. The molecule has 0 spiro atoms. The lowest BCUT2D eigenvalue weighted by atomic mass is 10.1. The van der Waals surface area contributed by atoms with Crippen molar-refractivity contribution in [3.05, 3.63) is 82.8 Å². The first-order valence-electron chi connectivity index (χ1n) is 15.4. The van der Waals surface area contributed by atoms with Crippen molar-refractivity contribution in [1.29, 1.82) is 0 Å². The Kier molecular flexibility index (Phi) is 11.0. The van der Waals surface area contributed by atoms with Crippen LogP contribution in [0.2, 0.25) is 10.0 Å². The second-order valence-corrected chi connectivity index (χ2v) is 18.4. The number of phenolic OH excluding ortho intramolecular Hbond substituents is 4. The van der Waals surface area contributed by atoms with Gasteiger partial charge >= 0.3 is 0 Å². The lowest BCUT2D eigenvalue weighted by molar-refractivity contribution is 0.470. The number of rotatable bonds is 10. The van der Waals surface area contributed by atoms with E-state index in [0.29, 0.717) is 24.3 Å². The van der Waals surface area contributed by atoms with Crippen LogP contribution in [0.5, 0.6) is 23.0 Å². The molecular formula is C32H21Cl2N5O16S4. The van der Waals surface area contributed by atoms with Crippen molar-refractivity contribution in [2.24, 2.45) is 20.5 Å². The molecule has 6 aromatic carbocycles. The number of azo groups is 2. The Morgan fingerprint density at radius 2 is 0.797 bits per heavy atom. The predicted octanol–water partition coefficient (Wildman–Crippen LogP) is 7.68. The van der Waals surface area contributed by atoms with Gasteiger partial charge in [0.25, 0.3) is 40.5 Å². The average molecular weight is 931 g/mol. The third kappa shape index (κ3) is 8.83. The number of hydrogen-bond donors (Lipinski definition) is 9. The van der Waals surface area contributed by atoms with E-state index in [1.807, 2.05) is 0 Å². The smallest absolute Gasteiger partial charge is 0.296 e. The van der Waals surface area contributed by atoms with Gasteiger partial charge in [-0.1, -0.05) is 23.2 Å². The molecule has 0 unspecified atom stereocenters. The molecule has 21 nitrogen and oxygen atoms in total. The molecule has 59 heavy (non-hydrogen) atoms. The fourth-order valence-corrected chi connectivity index (χ4v) is 8.32. The first-order valence-corrected chi connectivity index (χ1v) is 21.9. The van der Waals surface area contributed by atoms with Crippen molar-refractivity contribution >= 4 is 119 Å². The number of halogens is 2. The van der Waals surface area contributed by atoms with Crippen LogP contribution in [0.15, 0.2) is 113 Å². The van der Waals surface area contributed by atoms with E-state index in [4.69, 9.17) is 23.2 Å². The maximum Gasteiger partial charge on any atom is 0.296 e. The van der Waals surface area contributed by atoms with Crippen LogP contribution >= 0.6 is 23.2 Å². The third-order valence-electron chi connectivity index (χ3n) is 8.09. The summed E-state index contributed by atoms with van der Waals surface area (Å²) in [5.74, 6) is -3.35. The van der Waals surface area contributed by atoms with Crippen LogP contribution in [0.1, 0.15) is 0 Å². The summed E-state index contributed by atoms with van der Waals surface area (Å²) in [5.41, 5.74) is -2.64. The lowest BCUT2D eigenvalue weighted by Crippen LogP contribution is -2.00. The summed E-state index contributed by atoms with van der Waals surface area (Å²) in [6, 6.07) is 12.4. The molecular weight excluding hydrogens is 910 g/mol. The Balaban J connectivity index is 1.39. The van der Waals surface area contributed by atoms with E-state index in [9.17, 15) is 72.3 Å². The summed E-state index contributed by atoms with van der Waals surface area (Å²) in [6.07, 6.45) is 0. The summed E-state index contributed by atoms with van der Waals surface area (Å²) in [7, 11) is -20.1. The second kappa shape index (κ2) is 15.1. The Hall–Kier alpha value is -5.74. The molecule has 0 radical (unpaired) electrons. The van der Waals surface area contributed by atoms with Crippen LogP contribution < -0.4 is 5.32 Å². The van der Waals surface area contributed by atoms with Crippen molar-refractivity contribution in [3.8, 4) is 23.0 Å². The zero-order valence-corrected chi connectivity index (χ0v) is 33.2. The quantitative estimate of drug-likeness (QED) is 0.0469. The summed E-state index contributed by atoms with van der Waals surface area (Å²) >= 11 is 11.6. The van der Waals surface area contributed by atoms with Crippen molar-refractivity contribution in [2.75, 3.05) is 5.32 Å². The van der Waals surface area contributed by atoms with Crippen molar-refractivity contribution in [2.45, 2.75) is 19.6 Å². The van der Waals surface area contributed by atoms with Gasteiger partial charge in [-0.2, -0.15) is 33.7 Å². The van der Waals surface area contributed by atoms with Gasteiger partial charge in [0.05, 0.1) is 19.8 Å². The molecule has 308 valence electrons. The van der Waals surface area contributed by atoms with Crippen molar-refractivity contribution in [1.82, 2.24) is 0 Å². The Labute approximate surface area is 341 Å². The predicted molar refractivity (Wildman–Crippen MR) is 208 cm³/mol. The Bertz CT molecular complexity index is 3110. The molecule has 0 bridgehead atoms. The monoisotopic (exact) mass is 929 g/mol. The number of fused-ring (bicyclic) bond motifs is 2. The zero-order chi connectivity index (χ0) is 43.6. The van der Waals surface area contributed by atoms with Crippen LogP contribution in [0.3, 0.4) is 0 Å². The summed E-state index contributed by atoms with van der Waals surface area (Å²) < 4.78 is 135. The van der Waals surface area contributed by atoms with Gasteiger partial charge in [-0.15, -0.1) is 20.5 Å². The molecule has 0 fully saturated rings. The van der Waals surface area contributed by atoms with Crippen molar-refractivity contribution < 1.29 is 72.3 Å². The minimum atomic E-state index is -5.17. The minimum absolute atomic E-state index is 0.0186. The highest BCUT2D eigenvalue weighted by atomic mass is 35.5. The second-order valence-electron chi connectivity index (χ2n) is 12.0. The highest BCUT2D eigenvalue weighted by Crippen LogP contribution is 2.46. The highest BCUT2D eigenvalue weighted by molar-refractivity contribution is 7.86. The number of hydrogen-bond acceptors (Lipinski definition) is 17. The first-order chi connectivity index (χ1) is 27.2. The number of benzene rings is 6. The highest BCUT2D eigenvalue weighted by Gasteiger charge is 2.25. The number of anilines is 2. The molecule has 27 heteroatoms.